The van der Waals surface area contributed by atoms with E-state index in [-0.39, 0.29) is 0 Å². The van der Waals surface area contributed by atoms with Crippen LogP contribution in [0.3, 0.4) is 0 Å². The third-order valence-corrected chi connectivity index (χ3v) is 4.42. The zero-order chi connectivity index (χ0) is 12.2. The smallest absolute Gasteiger partial charge is 0.0236 e. The highest BCUT2D eigenvalue weighted by atomic mass is 15.0. The Hall–Kier alpha value is -0.860. The van der Waals surface area contributed by atoms with Crippen LogP contribution in [0, 0.1) is 0 Å². The molecule has 1 heterocycles. The summed E-state index contributed by atoms with van der Waals surface area (Å²) in [6.07, 6.45) is 8.20. The van der Waals surface area contributed by atoms with Gasteiger partial charge in [-0.3, -0.25) is 0 Å². The van der Waals surface area contributed by atoms with Crippen LogP contribution in [-0.2, 0) is 13.0 Å². The molecular weight excluding hydrogens is 220 g/mol. The van der Waals surface area contributed by atoms with Crippen molar-refractivity contribution in [2.24, 2.45) is 0 Å². The largest absolute Gasteiger partial charge is 0.312 e. The highest BCUT2D eigenvalue weighted by molar-refractivity contribution is 5.29. The number of hydrogen-bond donors (Lipinski definition) is 2. The SMILES string of the molecule is c1ccc2c(c1)CNC(CNC1CCCCC1)C2. The zero-order valence-corrected chi connectivity index (χ0v) is 11.1. The van der Waals surface area contributed by atoms with E-state index in [0.717, 1.165) is 19.1 Å². The van der Waals surface area contributed by atoms with Gasteiger partial charge in [0.2, 0.25) is 0 Å². The first kappa shape index (κ1) is 12.2. The molecule has 0 saturated heterocycles. The molecule has 1 aromatic carbocycles. The maximum absolute atomic E-state index is 3.76. The lowest BCUT2D eigenvalue weighted by Crippen LogP contribution is -2.46. The second kappa shape index (κ2) is 5.85. The van der Waals surface area contributed by atoms with Gasteiger partial charge in [0.05, 0.1) is 0 Å². The Balaban J connectivity index is 1.50. The first-order valence-corrected chi connectivity index (χ1v) is 7.45. The monoisotopic (exact) mass is 244 g/mol. The molecule has 1 aromatic rings. The van der Waals surface area contributed by atoms with Crippen molar-refractivity contribution in [1.82, 2.24) is 10.6 Å². The van der Waals surface area contributed by atoms with Gasteiger partial charge in [0.1, 0.15) is 0 Å². The van der Waals surface area contributed by atoms with Gasteiger partial charge in [-0.05, 0) is 30.4 Å². The van der Waals surface area contributed by atoms with Crippen molar-refractivity contribution < 1.29 is 0 Å². The maximum Gasteiger partial charge on any atom is 0.0236 e. The maximum atomic E-state index is 3.76. The lowest BCUT2D eigenvalue weighted by Gasteiger charge is -2.29. The molecule has 0 aromatic heterocycles. The molecule has 98 valence electrons. The van der Waals surface area contributed by atoms with E-state index in [9.17, 15) is 0 Å². The lowest BCUT2D eigenvalue weighted by atomic mass is 9.93. The average Bonchev–Trinajstić information content (AvgIpc) is 2.46. The molecular formula is C16H24N2. The predicted octanol–water partition coefficient (Wildman–Crippen LogP) is 2.62. The van der Waals surface area contributed by atoms with Crippen LogP contribution in [0.25, 0.3) is 0 Å². The van der Waals surface area contributed by atoms with Gasteiger partial charge in [0, 0.05) is 25.2 Å². The van der Waals surface area contributed by atoms with Gasteiger partial charge >= 0.3 is 0 Å². The molecule has 2 N–H and O–H groups in total. The molecule has 18 heavy (non-hydrogen) atoms. The molecule has 1 fully saturated rings. The number of benzene rings is 1. The van der Waals surface area contributed by atoms with Crippen molar-refractivity contribution >= 4 is 0 Å². The minimum atomic E-state index is 0.613. The molecule has 0 radical (unpaired) electrons. The Morgan fingerprint density at radius 1 is 1.06 bits per heavy atom. The molecule has 2 aliphatic rings. The molecule has 1 saturated carbocycles. The summed E-state index contributed by atoms with van der Waals surface area (Å²) in [6.45, 7) is 2.16. The standard InChI is InChI=1S/C16H24N2/c1-2-8-15(9-3-1)18-12-16-10-13-6-4-5-7-14(13)11-17-16/h4-7,15-18H,1-3,8-12H2. The molecule has 1 atom stereocenters. The Morgan fingerprint density at radius 2 is 1.83 bits per heavy atom. The second-order valence-electron chi connectivity index (χ2n) is 5.79. The highest BCUT2D eigenvalue weighted by Crippen LogP contribution is 2.19. The van der Waals surface area contributed by atoms with Gasteiger partial charge in [0.25, 0.3) is 0 Å². The average molecular weight is 244 g/mol. The summed E-state index contributed by atoms with van der Waals surface area (Å²) in [7, 11) is 0. The van der Waals surface area contributed by atoms with Crippen molar-refractivity contribution in [2.45, 2.75) is 57.2 Å². The van der Waals surface area contributed by atoms with Crippen LogP contribution in [0.2, 0.25) is 0 Å². The zero-order valence-electron chi connectivity index (χ0n) is 11.1. The summed E-state index contributed by atoms with van der Waals surface area (Å²) >= 11 is 0. The lowest BCUT2D eigenvalue weighted by molar-refractivity contribution is 0.345. The molecule has 3 rings (SSSR count). The van der Waals surface area contributed by atoms with Crippen molar-refractivity contribution in [2.75, 3.05) is 6.54 Å². The van der Waals surface area contributed by atoms with E-state index in [2.05, 4.69) is 34.9 Å². The van der Waals surface area contributed by atoms with Crippen molar-refractivity contribution in [3.8, 4) is 0 Å². The van der Waals surface area contributed by atoms with Crippen LogP contribution in [0.1, 0.15) is 43.2 Å². The van der Waals surface area contributed by atoms with Gasteiger partial charge in [-0.1, -0.05) is 43.5 Å². The summed E-state index contributed by atoms with van der Waals surface area (Å²) in [4.78, 5) is 0. The molecule has 0 bridgehead atoms. The van der Waals surface area contributed by atoms with Crippen molar-refractivity contribution in [1.29, 1.82) is 0 Å². The van der Waals surface area contributed by atoms with E-state index < -0.39 is 0 Å². The summed E-state index contributed by atoms with van der Waals surface area (Å²) < 4.78 is 0. The number of hydrogen-bond acceptors (Lipinski definition) is 2. The van der Waals surface area contributed by atoms with Crippen LogP contribution >= 0.6 is 0 Å². The van der Waals surface area contributed by atoms with Crippen molar-refractivity contribution in [3.63, 3.8) is 0 Å². The van der Waals surface area contributed by atoms with Crippen LogP contribution in [0.15, 0.2) is 24.3 Å². The normalized spacial score (nSPS) is 24.8. The first-order chi connectivity index (χ1) is 8.92. The van der Waals surface area contributed by atoms with E-state index in [4.69, 9.17) is 0 Å². The Bertz CT molecular complexity index is 382. The van der Waals surface area contributed by atoms with Crippen LogP contribution in [0.4, 0.5) is 0 Å². The molecule has 2 heteroatoms. The minimum Gasteiger partial charge on any atom is -0.312 e. The number of rotatable bonds is 3. The third-order valence-electron chi connectivity index (χ3n) is 4.42. The summed E-state index contributed by atoms with van der Waals surface area (Å²) in [5.41, 5.74) is 3.01. The van der Waals surface area contributed by atoms with Gasteiger partial charge < -0.3 is 10.6 Å². The molecule has 1 aliphatic carbocycles. The predicted molar refractivity (Wildman–Crippen MR) is 75.6 cm³/mol. The first-order valence-electron chi connectivity index (χ1n) is 7.45. The molecule has 0 spiro atoms. The Labute approximate surface area is 110 Å². The molecule has 0 amide bonds. The molecule has 1 aliphatic heterocycles. The fourth-order valence-corrected chi connectivity index (χ4v) is 3.28. The Kier molecular flexibility index (Phi) is 3.96. The van der Waals surface area contributed by atoms with Crippen LogP contribution in [-0.4, -0.2) is 18.6 Å². The summed E-state index contributed by atoms with van der Waals surface area (Å²) in [5, 5.41) is 7.41. The quantitative estimate of drug-likeness (QED) is 0.854. The molecule has 1 unspecified atom stereocenters. The number of fused-ring (bicyclic) bond motifs is 1. The van der Waals surface area contributed by atoms with Gasteiger partial charge in [0.15, 0.2) is 0 Å². The number of nitrogens with one attached hydrogen (secondary N) is 2. The van der Waals surface area contributed by atoms with Gasteiger partial charge in [-0.15, -0.1) is 0 Å². The van der Waals surface area contributed by atoms with E-state index >= 15 is 0 Å². The van der Waals surface area contributed by atoms with E-state index in [1.54, 1.807) is 0 Å². The van der Waals surface area contributed by atoms with Gasteiger partial charge in [-0.25, -0.2) is 0 Å². The van der Waals surface area contributed by atoms with Crippen LogP contribution in [0.5, 0.6) is 0 Å². The highest BCUT2D eigenvalue weighted by Gasteiger charge is 2.19. The third kappa shape index (κ3) is 2.93. The second-order valence-corrected chi connectivity index (χ2v) is 5.79. The van der Waals surface area contributed by atoms with Crippen LogP contribution < -0.4 is 10.6 Å². The summed E-state index contributed by atoms with van der Waals surface area (Å²) in [5.74, 6) is 0. The van der Waals surface area contributed by atoms with E-state index in [1.807, 2.05) is 0 Å². The fraction of sp³-hybridized carbons (Fsp3) is 0.625. The topological polar surface area (TPSA) is 24.1 Å². The van der Waals surface area contributed by atoms with E-state index in [0.29, 0.717) is 6.04 Å². The molecule has 2 nitrogen and oxygen atoms in total. The minimum absolute atomic E-state index is 0.613. The fourth-order valence-electron chi connectivity index (χ4n) is 3.28. The Morgan fingerprint density at radius 3 is 2.67 bits per heavy atom. The van der Waals surface area contributed by atoms with Gasteiger partial charge in [-0.2, -0.15) is 0 Å². The summed E-state index contributed by atoms with van der Waals surface area (Å²) in [6, 6.07) is 10.2. The van der Waals surface area contributed by atoms with E-state index in [1.165, 1.54) is 49.7 Å². The van der Waals surface area contributed by atoms with Crippen molar-refractivity contribution in [3.05, 3.63) is 35.4 Å².